The van der Waals surface area contributed by atoms with Gasteiger partial charge >= 0.3 is 0 Å². The van der Waals surface area contributed by atoms with Crippen molar-refractivity contribution < 1.29 is 24.5 Å². The zero-order valence-corrected chi connectivity index (χ0v) is 17.7. The van der Waals surface area contributed by atoms with Crippen LogP contribution in [0.4, 0.5) is 0 Å². The Kier molecular flexibility index (Phi) is 5.69. The number of hydrogen-bond acceptors (Lipinski definition) is 6. The molecule has 2 aromatic rings. The van der Waals surface area contributed by atoms with Crippen molar-refractivity contribution in [3.63, 3.8) is 0 Å². The fourth-order valence-corrected chi connectivity index (χ4v) is 4.16. The monoisotopic (exact) mass is 422 g/mol. The molecule has 2 heterocycles. The fourth-order valence-electron chi connectivity index (χ4n) is 4.16. The first-order valence-corrected chi connectivity index (χ1v) is 10.3. The number of hydrogen-bond donors (Lipinski definition) is 2. The molecule has 7 heteroatoms. The van der Waals surface area contributed by atoms with E-state index in [1.807, 2.05) is 25.1 Å². The van der Waals surface area contributed by atoms with E-state index in [2.05, 4.69) is 0 Å². The molecule has 0 saturated carbocycles. The fraction of sp³-hybridized carbons (Fsp3) is 0.333. The highest BCUT2D eigenvalue weighted by Gasteiger charge is 2.45. The average molecular weight is 422 g/mol. The Labute approximate surface area is 181 Å². The molecule has 0 aliphatic carbocycles. The van der Waals surface area contributed by atoms with Gasteiger partial charge in [-0.1, -0.05) is 12.1 Å². The predicted molar refractivity (Wildman–Crippen MR) is 116 cm³/mol. The van der Waals surface area contributed by atoms with Gasteiger partial charge in [-0.05, 0) is 68.5 Å². The zero-order chi connectivity index (χ0) is 22.1. The number of nitrogens with zero attached hydrogens (tertiary/aromatic N) is 2. The van der Waals surface area contributed by atoms with Crippen molar-refractivity contribution in [1.82, 2.24) is 9.80 Å². The maximum Gasteiger partial charge on any atom is 0.295 e. The van der Waals surface area contributed by atoms with Gasteiger partial charge in [0, 0.05) is 18.5 Å². The van der Waals surface area contributed by atoms with E-state index in [0.717, 1.165) is 24.3 Å². The molecule has 4 rings (SSSR count). The van der Waals surface area contributed by atoms with Crippen LogP contribution in [-0.4, -0.2) is 65.5 Å². The highest BCUT2D eigenvalue weighted by Crippen LogP contribution is 2.40. The van der Waals surface area contributed by atoms with Gasteiger partial charge in [0.1, 0.15) is 17.3 Å². The summed E-state index contributed by atoms with van der Waals surface area (Å²) in [4.78, 5) is 29.5. The first-order chi connectivity index (χ1) is 14.9. The lowest BCUT2D eigenvalue weighted by Gasteiger charge is -2.26. The molecule has 0 spiro atoms. The summed E-state index contributed by atoms with van der Waals surface area (Å²) in [6.07, 6.45) is 1.42. The number of fused-ring (bicyclic) bond motifs is 1. The summed E-state index contributed by atoms with van der Waals surface area (Å²) in [5, 5.41) is 20.8. The molecule has 2 N–H and O–H groups in total. The molecule has 7 nitrogen and oxygen atoms in total. The Bertz CT molecular complexity index is 1040. The third kappa shape index (κ3) is 4.01. The number of aliphatic hydroxyl groups excluding tert-OH is 1. The summed E-state index contributed by atoms with van der Waals surface area (Å²) in [5.74, 6) is -0.649. The first-order valence-electron chi connectivity index (χ1n) is 10.3. The van der Waals surface area contributed by atoms with Crippen molar-refractivity contribution in [2.75, 3.05) is 33.8 Å². The summed E-state index contributed by atoms with van der Waals surface area (Å²) < 4.78 is 5.52. The van der Waals surface area contributed by atoms with E-state index in [-0.39, 0.29) is 17.1 Å². The third-order valence-corrected chi connectivity index (χ3v) is 5.72. The van der Waals surface area contributed by atoms with Gasteiger partial charge in [0.25, 0.3) is 11.7 Å². The van der Waals surface area contributed by atoms with Gasteiger partial charge in [0.15, 0.2) is 0 Å². The molecule has 0 bridgehead atoms. The molecular formula is C24H26N2O5. The van der Waals surface area contributed by atoms with Crippen LogP contribution in [0.2, 0.25) is 0 Å². The lowest BCUT2D eigenvalue weighted by Crippen LogP contribution is -2.32. The Hall–Kier alpha value is -3.32. The molecule has 0 radical (unpaired) electrons. The van der Waals surface area contributed by atoms with Crippen LogP contribution in [0.25, 0.3) is 5.76 Å². The molecule has 0 aromatic heterocycles. The minimum Gasteiger partial charge on any atom is -0.508 e. The second-order valence-corrected chi connectivity index (χ2v) is 8.16. The third-order valence-electron chi connectivity index (χ3n) is 5.72. The van der Waals surface area contributed by atoms with E-state index in [4.69, 9.17) is 4.74 Å². The smallest absolute Gasteiger partial charge is 0.295 e. The number of phenolic OH excluding ortho intramolecular Hbond substituents is 1. The lowest BCUT2D eigenvalue weighted by atomic mass is 9.94. The van der Waals surface area contributed by atoms with Crippen molar-refractivity contribution in [2.45, 2.75) is 18.9 Å². The minimum absolute atomic E-state index is 0.0689. The molecule has 2 aliphatic heterocycles. The van der Waals surface area contributed by atoms with Gasteiger partial charge in [-0.3, -0.25) is 9.59 Å². The zero-order valence-electron chi connectivity index (χ0n) is 17.7. The van der Waals surface area contributed by atoms with Crippen LogP contribution < -0.4 is 4.74 Å². The number of carbonyl (C=O) groups is 2. The highest BCUT2D eigenvalue weighted by atomic mass is 16.5. The van der Waals surface area contributed by atoms with Crippen molar-refractivity contribution in [1.29, 1.82) is 0 Å². The number of rotatable bonds is 6. The Morgan fingerprint density at radius 1 is 1.16 bits per heavy atom. The number of benzene rings is 2. The Morgan fingerprint density at radius 2 is 1.90 bits per heavy atom. The summed E-state index contributed by atoms with van der Waals surface area (Å²) in [6, 6.07) is 11.0. The number of likely N-dealkylation sites (tertiary alicyclic amines) is 1. The molecule has 1 unspecified atom stereocenters. The number of ketones is 1. The predicted octanol–water partition coefficient (Wildman–Crippen LogP) is 2.70. The molecule has 1 atom stereocenters. The number of Topliss-reactive ketones (excluding diaryl/α,β-unsaturated/α-hetero) is 1. The molecule has 162 valence electrons. The van der Waals surface area contributed by atoms with Crippen LogP contribution in [0.5, 0.6) is 11.5 Å². The van der Waals surface area contributed by atoms with Crippen molar-refractivity contribution in [3.05, 3.63) is 64.7 Å². The van der Waals surface area contributed by atoms with Gasteiger partial charge in [0.2, 0.25) is 0 Å². The highest BCUT2D eigenvalue weighted by molar-refractivity contribution is 6.46. The summed E-state index contributed by atoms with van der Waals surface area (Å²) in [6.45, 7) is 1.72. The van der Waals surface area contributed by atoms with E-state index in [1.165, 1.54) is 17.0 Å². The van der Waals surface area contributed by atoms with Crippen LogP contribution in [-0.2, 0) is 16.0 Å². The number of carbonyl (C=O) groups excluding carboxylic acids is 2. The number of amides is 1. The SMILES string of the molecule is CN(C)CCCN1C(=O)C(=O)/C(=C(\O)c2ccc3c(c2)CCO3)C1c1ccc(O)cc1. The molecule has 1 amide bonds. The van der Waals surface area contributed by atoms with Crippen LogP contribution >= 0.6 is 0 Å². The van der Waals surface area contributed by atoms with Gasteiger partial charge in [-0.2, -0.15) is 0 Å². The second kappa shape index (κ2) is 8.43. The van der Waals surface area contributed by atoms with Crippen LogP contribution in [0.1, 0.15) is 29.2 Å². The van der Waals surface area contributed by atoms with Crippen LogP contribution in [0, 0.1) is 0 Å². The lowest BCUT2D eigenvalue weighted by molar-refractivity contribution is -0.139. The molecule has 1 fully saturated rings. The Balaban J connectivity index is 1.78. The van der Waals surface area contributed by atoms with E-state index < -0.39 is 17.7 Å². The summed E-state index contributed by atoms with van der Waals surface area (Å²) in [5.41, 5.74) is 2.18. The molecule has 2 aliphatic rings. The Morgan fingerprint density at radius 3 is 2.61 bits per heavy atom. The van der Waals surface area contributed by atoms with Gasteiger partial charge in [-0.15, -0.1) is 0 Å². The van der Waals surface area contributed by atoms with Crippen LogP contribution in [0.3, 0.4) is 0 Å². The van der Waals surface area contributed by atoms with E-state index in [1.54, 1.807) is 24.3 Å². The number of ether oxygens (including phenoxy) is 1. The summed E-state index contributed by atoms with van der Waals surface area (Å²) >= 11 is 0. The summed E-state index contributed by atoms with van der Waals surface area (Å²) in [7, 11) is 3.90. The van der Waals surface area contributed by atoms with Crippen LogP contribution in [0.15, 0.2) is 48.0 Å². The average Bonchev–Trinajstić information content (AvgIpc) is 3.31. The van der Waals surface area contributed by atoms with E-state index in [0.29, 0.717) is 30.7 Å². The molecule has 31 heavy (non-hydrogen) atoms. The molecule has 2 aromatic carbocycles. The standard InChI is InChI=1S/C24H26N2O5/c1-25(2)11-3-12-26-21(15-4-7-18(27)8-5-15)20(23(29)24(26)30)22(28)17-6-9-19-16(14-17)10-13-31-19/h4-9,14,21,27-28H,3,10-13H2,1-2H3/b22-20-. The van der Waals surface area contributed by atoms with Gasteiger partial charge in [0.05, 0.1) is 18.2 Å². The quantitative estimate of drug-likeness (QED) is 0.423. The second-order valence-electron chi connectivity index (χ2n) is 8.16. The van der Waals surface area contributed by atoms with Crippen molar-refractivity contribution >= 4 is 17.4 Å². The van der Waals surface area contributed by atoms with Crippen molar-refractivity contribution in [3.8, 4) is 11.5 Å². The van der Waals surface area contributed by atoms with E-state index >= 15 is 0 Å². The van der Waals surface area contributed by atoms with E-state index in [9.17, 15) is 19.8 Å². The van der Waals surface area contributed by atoms with Gasteiger partial charge < -0.3 is 24.7 Å². The minimum atomic E-state index is -0.715. The number of aromatic hydroxyl groups is 1. The maximum atomic E-state index is 13.0. The van der Waals surface area contributed by atoms with Crippen molar-refractivity contribution in [2.24, 2.45) is 0 Å². The number of phenols is 1. The first kappa shape index (κ1) is 20.9. The largest absolute Gasteiger partial charge is 0.508 e. The van der Waals surface area contributed by atoms with Gasteiger partial charge in [-0.25, -0.2) is 0 Å². The molecule has 1 saturated heterocycles. The number of aliphatic hydroxyl groups is 1. The molecular weight excluding hydrogens is 396 g/mol. The normalized spacial score (nSPS) is 19.7. The topological polar surface area (TPSA) is 90.3 Å². The maximum absolute atomic E-state index is 13.0.